The Morgan fingerprint density at radius 1 is 1.29 bits per heavy atom. The minimum absolute atomic E-state index is 0.191. The van der Waals surface area contributed by atoms with E-state index in [1.807, 2.05) is 6.20 Å². The number of hydrogen-bond donors (Lipinski definition) is 1. The second kappa shape index (κ2) is 3.99. The van der Waals surface area contributed by atoms with E-state index in [0.717, 1.165) is 5.82 Å². The van der Waals surface area contributed by atoms with Crippen molar-refractivity contribution in [3.05, 3.63) is 23.9 Å². The van der Waals surface area contributed by atoms with Crippen molar-refractivity contribution in [1.82, 2.24) is 4.98 Å². The summed E-state index contributed by atoms with van der Waals surface area (Å²) < 4.78 is 0. The van der Waals surface area contributed by atoms with Gasteiger partial charge in [0.15, 0.2) is 0 Å². The summed E-state index contributed by atoms with van der Waals surface area (Å²) in [4.78, 5) is 4.28. The molecule has 0 atom stereocenters. The lowest BCUT2D eigenvalue weighted by Gasteiger charge is -2.20. The van der Waals surface area contributed by atoms with Gasteiger partial charge >= 0.3 is 0 Å². The summed E-state index contributed by atoms with van der Waals surface area (Å²) >= 11 is 0. The number of rotatable bonds is 2. The lowest BCUT2D eigenvalue weighted by atomic mass is 9.88. The largest absolute Gasteiger partial charge is 0.368 e. The topological polar surface area (TPSA) is 24.9 Å². The molecule has 0 saturated heterocycles. The molecule has 0 spiro atoms. The Bertz CT molecular complexity index is 297. The third kappa shape index (κ3) is 3.02. The normalized spacial score (nSPS) is 11.9. The van der Waals surface area contributed by atoms with E-state index in [4.69, 9.17) is 0 Å². The summed E-state index contributed by atoms with van der Waals surface area (Å²) in [5, 5.41) is 3.31. The first kappa shape index (κ1) is 11.0. The highest BCUT2D eigenvalue weighted by molar-refractivity contribution is 5.40. The lowest BCUT2D eigenvalue weighted by molar-refractivity contribution is 0.589. The Hall–Kier alpha value is -1.05. The molecule has 0 unspecified atom stereocenters. The van der Waals surface area contributed by atoms with Gasteiger partial charge in [-0.05, 0) is 37.0 Å². The molecular weight excluding hydrogens is 172 g/mol. The first-order valence-corrected chi connectivity index (χ1v) is 5.12. The van der Waals surface area contributed by atoms with Crippen LogP contribution in [0.15, 0.2) is 18.3 Å². The number of hydrogen-bond acceptors (Lipinski definition) is 2. The molecule has 0 fully saturated rings. The van der Waals surface area contributed by atoms with Gasteiger partial charge in [0.05, 0.1) is 0 Å². The molecular formula is C12H20N2. The summed E-state index contributed by atoms with van der Waals surface area (Å²) in [6.07, 6.45) is 1.87. The van der Waals surface area contributed by atoms with Crippen LogP contribution in [0.2, 0.25) is 0 Å². The van der Waals surface area contributed by atoms with Crippen molar-refractivity contribution >= 4 is 5.82 Å². The van der Waals surface area contributed by atoms with Crippen molar-refractivity contribution in [2.24, 2.45) is 0 Å². The second-order valence-electron chi connectivity index (χ2n) is 4.98. The molecule has 14 heavy (non-hydrogen) atoms. The van der Waals surface area contributed by atoms with E-state index >= 15 is 0 Å². The number of aromatic nitrogens is 1. The fourth-order valence-corrected chi connectivity index (χ4v) is 1.27. The SMILES string of the molecule is CC(C)Nc1cc(C(C)(C)C)ccn1. The molecule has 0 aliphatic carbocycles. The standard InChI is InChI=1S/C12H20N2/c1-9(2)14-11-8-10(6-7-13-11)12(3,4)5/h6-9H,1-5H3,(H,13,14). The molecule has 0 aliphatic rings. The van der Waals surface area contributed by atoms with Gasteiger partial charge in [-0.25, -0.2) is 4.98 Å². The maximum atomic E-state index is 4.28. The second-order valence-corrected chi connectivity index (χ2v) is 4.98. The summed E-state index contributed by atoms with van der Waals surface area (Å²) in [5.41, 5.74) is 1.51. The van der Waals surface area contributed by atoms with Crippen molar-refractivity contribution in [3.63, 3.8) is 0 Å². The van der Waals surface area contributed by atoms with Crippen LogP contribution in [0.5, 0.6) is 0 Å². The zero-order chi connectivity index (χ0) is 10.8. The molecule has 0 bridgehead atoms. The molecule has 2 nitrogen and oxygen atoms in total. The molecule has 1 heterocycles. The highest BCUT2D eigenvalue weighted by Crippen LogP contribution is 2.23. The molecule has 0 aliphatic heterocycles. The molecule has 1 aromatic heterocycles. The van der Waals surface area contributed by atoms with Crippen molar-refractivity contribution in [2.75, 3.05) is 5.32 Å². The van der Waals surface area contributed by atoms with E-state index in [1.165, 1.54) is 5.56 Å². The summed E-state index contributed by atoms with van der Waals surface area (Å²) in [6, 6.07) is 4.63. The number of pyridine rings is 1. The van der Waals surface area contributed by atoms with E-state index in [0.29, 0.717) is 6.04 Å². The first-order valence-electron chi connectivity index (χ1n) is 5.12. The fourth-order valence-electron chi connectivity index (χ4n) is 1.27. The molecule has 78 valence electrons. The average molecular weight is 192 g/mol. The molecule has 2 heteroatoms. The molecule has 1 rings (SSSR count). The Kier molecular flexibility index (Phi) is 3.14. The Balaban J connectivity index is 2.90. The zero-order valence-electron chi connectivity index (χ0n) is 9.76. The van der Waals surface area contributed by atoms with Gasteiger partial charge in [-0.15, -0.1) is 0 Å². The van der Waals surface area contributed by atoms with E-state index in [-0.39, 0.29) is 5.41 Å². The van der Waals surface area contributed by atoms with Crippen LogP contribution >= 0.6 is 0 Å². The Morgan fingerprint density at radius 3 is 2.43 bits per heavy atom. The number of nitrogens with zero attached hydrogens (tertiary/aromatic N) is 1. The van der Waals surface area contributed by atoms with Crippen LogP contribution < -0.4 is 5.32 Å². The van der Waals surface area contributed by atoms with Crippen LogP contribution in [-0.4, -0.2) is 11.0 Å². The predicted molar refractivity (Wildman–Crippen MR) is 61.7 cm³/mol. The highest BCUT2D eigenvalue weighted by Gasteiger charge is 2.13. The van der Waals surface area contributed by atoms with Gasteiger partial charge in [0, 0.05) is 12.2 Å². The highest BCUT2D eigenvalue weighted by atomic mass is 15.0. The zero-order valence-corrected chi connectivity index (χ0v) is 9.76. The summed E-state index contributed by atoms with van der Waals surface area (Å²) in [7, 11) is 0. The van der Waals surface area contributed by atoms with Crippen molar-refractivity contribution in [2.45, 2.75) is 46.1 Å². The Morgan fingerprint density at radius 2 is 1.93 bits per heavy atom. The van der Waals surface area contributed by atoms with Gasteiger partial charge in [0.1, 0.15) is 5.82 Å². The van der Waals surface area contributed by atoms with Crippen LogP contribution in [-0.2, 0) is 5.41 Å². The monoisotopic (exact) mass is 192 g/mol. The fraction of sp³-hybridized carbons (Fsp3) is 0.583. The predicted octanol–water partition coefficient (Wildman–Crippen LogP) is 3.20. The Labute approximate surface area is 86.8 Å². The van der Waals surface area contributed by atoms with Crippen LogP contribution in [0, 0.1) is 0 Å². The molecule has 0 saturated carbocycles. The van der Waals surface area contributed by atoms with Crippen LogP contribution in [0.3, 0.4) is 0 Å². The van der Waals surface area contributed by atoms with Gasteiger partial charge < -0.3 is 5.32 Å². The lowest BCUT2D eigenvalue weighted by Crippen LogP contribution is -2.14. The van der Waals surface area contributed by atoms with Crippen molar-refractivity contribution in [3.8, 4) is 0 Å². The van der Waals surface area contributed by atoms with Gasteiger partial charge in [-0.2, -0.15) is 0 Å². The van der Waals surface area contributed by atoms with Crippen LogP contribution in [0.1, 0.15) is 40.2 Å². The van der Waals surface area contributed by atoms with Gasteiger partial charge in [0.2, 0.25) is 0 Å². The molecule has 0 aromatic carbocycles. The van der Waals surface area contributed by atoms with E-state index in [2.05, 4.69) is 57.1 Å². The third-order valence-electron chi connectivity index (χ3n) is 2.06. The summed E-state index contributed by atoms with van der Waals surface area (Å²) in [5.74, 6) is 0.965. The quantitative estimate of drug-likeness (QED) is 0.778. The summed E-state index contributed by atoms with van der Waals surface area (Å²) in [6.45, 7) is 10.9. The van der Waals surface area contributed by atoms with Gasteiger partial charge in [-0.3, -0.25) is 0 Å². The smallest absolute Gasteiger partial charge is 0.126 e. The third-order valence-corrected chi connectivity index (χ3v) is 2.06. The number of anilines is 1. The van der Waals surface area contributed by atoms with Crippen molar-refractivity contribution in [1.29, 1.82) is 0 Å². The van der Waals surface area contributed by atoms with E-state index in [9.17, 15) is 0 Å². The van der Waals surface area contributed by atoms with Crippen molar-refractivity contribution < 1.29 is 0 Å². The van der Waals surface area contributed by atoms with Crippen LogP contribution in [0.25, 0.3) is 0 Å². The van der Waals surface area contributed by atoms with Gasteiger partial charge in [0.25, 0.3) is 0 Å². The first-order chi connectivity index (χ1) is 6.39. The number of nitrogens with one attached hydrogen (secondary N) is 1. The minimum atomic E-state index is 0.191. The van der Waals surface area contributed by atoms with E-state index < -0.39 is 0 Å². The van der Waals surface area contributed by atoms with Crippen LogP contribution in [0.4, 0.5) is 5.82 Å². The minimum Gasteiger partial charge on any atom is -0.368 e. The molecule has 1 aromatic rings. The van der Waals surface area contributed by atoms with E-state index in [1.54, 1.807) is 0 Å². The maximum Gasteiger partial charge on any atom is 0.126 e. The molecule has 1 N–H and O–H groups in total. The maximum absolute atomic E-state index is 4.28. The van der Waals surface area contributed by atoms with Gasteiger partial charge in [-0.1, -0.05) is 20.8 Å². The average Bonchev–Trinajstić information content (AvgIpc) is 2.01. The molecule has 0 amide bonds. The molecule has 0 radical (unpaired) electrons.